The fraction of sp³-hybridized carbons (Fsp3) is 0.385. The Hall–Kier alpha value is -1.26. The normalized spacial score (nSPS) is 12.6. The third-order valence-corrected chi connectivity index (χ3v) is 3.62. The van der Waals surface area contributed by atoms with Gasteiger partial charge in [0.25, 0.3) is 0 Å². The summed E-state index contributed by atoms with van der Waals surface area (Å²) in [5, 5.41) is 4.62. The molecule has 2 rings (SSSR count). The third-order valence-electron chi connectivity index (χ3n) is 2.60. The largest absolute Gasteiger partial charge is 0.309 e. The van der Waals surface area contributed by atoms with Crippen LogP contribution in [0.2, 0.25) is 0 Å². The molecule has 0 radical (unpaired) electrons. The maximum Gasteiger partial charge on any atom is 0.0897 e. The van der Waals surface area contributed by atoms with Crippen LogP contribution in [0.1, 0.15) is 28.4 Å². The van der Waals surface area contributed by atoms with Crippen LogP contribution in [-0.2, 0) is 6.42 Å². The summed E-state index contributed by atoms with van der Waals surface area (Å²) in [7, 11) is 0. The molecule has 3 nitrogen and oxygen atoms in total. The molecule has 0 saturated heterocycles. The van der Waals surface area contributed by atoms with Gasteiger partial charge in [-0.1, -0.05) is 13.0 Å². The van der Waals surface area contributed by atoms with Crippen LogP contribution < -0.4 is 5.32 Å². The highest BCUT2D eigenvalue weighted by molar-refractivity contribution is 7.11. The minimum Gasteiger partial charge on any atom is -0.309 e. The minimum atomic E-state index is 0.343. The minimum absolute atomic E-state index is 0.343. The first-order chi connectivity index (χ1) is 8.29. The Balaban J connectivity index is 2.13. The SMILES string of the molecule is CCNC(Cc1cccnc1)c1cnc(C)s1. The molecule has 1 atom stereocenters. The van der Waals surface area contributed by atoms with Gasteiger partial charge in [-0.2, -0.15) is 0 Å². The van der Waals surface area contributed by atoms with E-state index in [1.54, 1.807) is 11.3 Å². The van der Waals surface area contributed by atoms with E-state index in [1.807, 2.05) is 31.6 Å². The van der Waals surface area contributed by atoms with Crippen molar-refractivity contribution in [2.45, 2.75) is 26.3 Å². The maximum absolute atomic E-state index is 4.32. The van der Waals surface area contributed by atoms with Gasteiger partial charge in [0, 0.05) is 29.5 Å². The Kier molecular flexibility index (Phi) is 4.23. The first-order valence-corrected chi connectivity index (χ1v) is 6.66. The molecule has 2 aromatic heterocycles. The van der Waals surface area contributed by atoms with Crippen molar-refractivity contribution in [3.8, 4) is 0 Å². The van der Waals surface area contributed by atoms with Gasteiger partial charge in [0.15, 0.2) is 0 Å². The van der Waals surface area contributed by atoms with Gasteiger partial charge in [0.2, 0.25) is 0 Å². The molecule has 4 heteroatoms. The van der Waals surface area contributed by atoms with Crippen molar-refractivity contribution >= 4 is 11.3 Å². The number of aromatic nitrogens is 2. The monoisotopic (exact) mass is 247 g/mol. The van der Waals surface area contributed by atoms with E-state index >= 15 is 0 Å². The van der Waals surface area contributed by atoms with E-state index in [0.29, 0.717) is 6.04 Å². The standard InChI is InChI=1S/C13H17N3S/c1-3-15-12(13-9-16-10(2)17-13)7-11-5-4-6-14-8-11/h4-6,8-9,12,15H,3,7H2,1-2H3. The second-order valence-electron chi connectivity index (χ2n) is 3.96. The molecule has 0 aliphatic carbocycles. The van der Waals surface area contributed by atoms with Crippen molar-refractivity contribution < 1.29 is 0 Å². The summed E-state index contributed by atoms with van der Waals surface area (Å²) in [6, 6.07) is 4.44. The Morgan fingerprint density at radius 2 is 2.29 bits per heavy atom. The van der Waals surface area contributed by atoms with E-state index in [2.05, 4.69) is 28.3 Å². The van der Waals surface area contributed by atoms with E-state index in [4.69, 9.17) is 0 Å². The van der Waals surface area contributed by atoms with Crippen LogP contribution in [-0.4, -0.2) is 16.5 Å². The summed E-state index contributed by atoms with van der Waals surface area (Å²) in [5.41, 5.74) is 1.25. The van der Waals surface area contributed by atoms with Crippen LogP contribution in [0, 0.1) is 6.92 Å². The number of rotatable bonds is 5. The quantitative estimate of drug-likeness (QED) is 0.883. The molecule has 1 unspecified atom stereocenters. The molecule has 0 fully saturated rings. The van der Waals surface area contributed by atoms with Crippen molar-refractivity contribution in [2.75, 3.05) is 6.54 Å². The van der Waals surface area contributed by atoms with E-state index < -0.39 is 0 Å². The molecule has 0 aliphatic heterocycles. The molecular formula is C13H17N3S. The Morgan fingerprint density at radius 3 is 2.88 bits per heavy atom. The molecule has 0 amide bonds. The zero-order valence-electron chi connectivity index (χ0n) is 10.2. The van der Waals surface area contributed by atoms with Crippen molar-refractivity contribution in [2.24, 2.45) is 0 Å². The van der Waals surface area contributed by atoms with Gasteiger partial charge in [0.05, 0.1) is 5.01 Å². The zero-order chi connectivity index (χ0) is 12.1. The second kappa shape index (κ2) is 5.89. The number of pyridine rings is 1. The Morgan fingerprint density at radius 1 is 1.41 bits per heavy atom. The number of nitrogens with one attached hydrogen (secondary N) is 1. The van der Waals surface area contributed by atoms with Crippen LogP contribution in [0.25, 0.3) is 0 Å². The number of thiazole rings is 1. The van der Waals surface area contributed by atoms with Gasteiger partial charge in [-0.25, -0.2) is 4.98 Å². The lowest BCUT2D eigenvalue weighted by Gasteiger charge is -2.15. The van der Waals surface area contributed by atoms with E-state index in [-0.39, 0.29) is 0 Å². The highest BCUT2D eigenvalue weighted by Crippen LogP contribution is 2.23. The average Bonchev–Trinajstić information content (AvgIpc) is 2.77. The van der Waals surface area contributed by atoms with Gasteiger partial charge in [-0.15, -0.1) is 11.3 Å². The molecule has 0 aromatic carbocycles. The molecule has 90 valence electrons. The molecule has 0 saturated carbocycles. The van der Waals surface area contributed by atoms with Crippen LogP contribution in [0.3, 0.4) is 0 Å². The molecular weight excluding hydrogens is 230 g/mol. The third kappa shape index (κ3) is 3.35. The van der Waals surface area contributed by atoms with Crippen LogP contribution in [0.4, 0.5) is 0 Å². The van der Waals surface area contributed by atoms with Gasteiger partial charge >= 0.3 is 0 Å². The lowest BCUT2D eigenvalue weighted by Crippen LogP contribution is -2.22. The van der Waals surface area contributed by atoms with Crippen LogP contribution in [0.15, 0.2) is 30.7 Å². The van der Waals surface area contributed by atoms with Gasteiger partial charge in [-0.3, -0.25) is 4.98 Å². The summed E-state index contributed by atoms with van der Waals surface area (Å²) >= 11 is 1.76. The van der Waals surface area contributed by atoms with Crippen LogP contribution in [0.5, 0.6) is 0 Å². The molecule has 2 heterocycles. The number of aryl methyl sites for hydroxylation is 1. The van der Waals surface area contributed by atoms with Gasteiger partial charge in [0.1, 0.15) is 0 Å². The molecule has 0 aliphatic rings. The van der Waals surface area contributed by atoms with E-state index in [9.17, 15) is 0 Å². The smallest absolute Gasteiger partial charge is 0.0897 e. The van der Waals surface area contributed by atoms with Crippen molar-refractivity contribution in [1.82, 2.24) is 15.3 Å². The van der Waals surface area contributed by atoms with E-state index in [1.165, 1.54) is 10.4 Å². The topological polar surface area (TPSA) is 37.8 Å². The first kappa shape index (κ1) is 12.2. The lowest BCUT2D eigenvalue weighted by atomic mass is 10.1. The van der Waals surface area contributed by atoms with Crippen LogP contribution >= 0.6 is 11.3 Å². The fourth-order valence-electron chi connectivity index (χ4n) is 1.81. The average molecular weight is 247 g/mol. The predicted molar refractivity (Wildman–Crippen MR) is 71.2 cm³/mol. The molecule has 1 N–H and O–H groups in total. The summed E-state index contributed by atoms with van der Waals surface area (Å²) < 4.78 is 0. The molecule has 0 bridgehead atoms. The molecule has 0 spiro atoms. The van der Waals surface area contributed by atoms with Gasteiger partial charge in [-0.05, 0) is 31.5 Å². The Labute approximate surface area is 106 Å². The summed E-state index contributed by atoms with van der Waals surface area (Å²) in [5.74, 6) is 0. The van der Waals surface area contributed by atoms with Gasteiger partial charge < -0.3 is 5.32 Å². The van der Waals surface area contributed by atoms with Crippen molar-refractivity contribution in [3.63, 3.8) is 0 Å². The van der Waals surface area contributed by atoms with Crippen molar-refractivity contribution in [1.29, 1.82) is 0 Å². The highest BCUT2D eigenvalue weighted by Gasteiger charge is 2.13. The molecule has 2 aromatic rings. The summed E-state index contributed by atoms with van der Waals surface area (Å²) in [6.45, 7) is 5.13. The van der Waals surface area contributed by atoms with Crippen molar-refractivity contribution in [3.05, 3.63) is 46.2 Å². The fourth-order valence-corrected chi connectivity index (χ4v) is 2.67. The second-order valence-corrected chi connectivity index (χ2v) is 5.22. The highest BCUT2D eigenvalue weighted by atomic mass is 32.1. The number of nitrogens with zero attached hydrogens (tertiary/aromatic N) is 2. The lowest BCUT2D eigenvalue weighted by molar-refractivity contribution is 0.556. The zero-order valence-corrected chi connectivity index (χ0v) is 11.0. The number of hydrogen-bond acceptors (Lipinski definition) is 4. The molecule has 17 heavy (non-hydrogen) atoms. The predicted octanol–water partition coefficient (Wildman–Crippen LogP) is 2.74. The number of likely N-dealkylation sites (N-methyl/N-ethyl adjacent to an activating group) is 1. The first-order valence-electron chi connectivity index (χ1n) is 5.84. The Bertz CT molecular complexity index is 453. The van der Waals surface area contributed by atoms with E-state index in [0.717, 1.165) is 18.0 Å². The summed E-state index contributed by atoms with van der Waals surface area (Å²) in [6.07, 6.45) is 6.67. The number of hydrogen-bond donors (Lipinski definition) is 1. The summed E-state index contributed by atoms with van der Waals surface area (Å²) in [4.78, 5) is 9.78. The maximum atomic E-state index is 4.32.